The number of esters is 3. The van der Waals surface area contributed by atoms with Gasteiger partial charge < -0.3 is 34.2 Å². The standard InChI is InChI=1S/C97H162O16P2/c1-4-7-10-13-16-19-22-25-28-31-34-36-38-40-41-42-43-44-45-46-47-48-49-51-53-54-57-59-62-65-68-71-74-77-80-83-95(100)107-86-92(98)87-109-114(103,104)110-88-93(99)89-111-115(105,106)112-91-94(113-97(102)85-82-79-76-73-70-67-64-61-56-33-30-27-24-21-18-15-12-9-6-3)90-108-96(101)84-81-78-75-72-69-66-63-60-58-55-52-50-39-37-35-32-29-26-23-20-17-14-11-8-5-2/h7-12,16-21,25-30,34-37,40-41,43-44,50,52,56,61,92-94,98-99H,4-6,13-15,22-24,31-33,38-39,42,45-49,51,53-55,57-60,62-91H2,1-3H3,(H,103,104)(H,105,106)/b10-7-,11-8-,12-9-,19-16-,20-17-,21-18-,28-25-,29-26-,30-27-,36-34-,37-35-,41-40-,44-43-,52-50-,61-56-. The normalized spacial score (nSPS) is 14.7. The Morgan fingerprint density at radius 3 is 0.687 bits per heavy atom. The predicted molar refractivity (Wildman–Crippen MR) is 481 cm³/mol. The maximum absolute atomic E-state index is 13.0. The zero-order valence-electron chi connectivity index (χ0n) is 72.1. The summed E-state index contributed by atoms with van der Waals surface area (Å²) in [4.78, 5) is 58.9. The van der Waals surface area contributed by atoms with E-state index in [-0.39, 0.29) is 19.3 Å². The lowest BCUT2D eigenvalue weighted by atomic mass is 10.0. The van der Waals surface area contributed by atoms with E-state index in [1.807, 2.05) is 0 Å². The molecule has 18 heteroatoms. The minimum Gasteiger partial charge on any atom is -0.463 e. The quantitative estimate of drug-likeness (QED) is 0.0146. The Bertz CT molecular complexity index is 2820. The van der Waals surface area contributed by atoms with E-state index < -0.39 is 91.5 Å². The SMILES string of the molecule is CC/C=C\C/C=C\C/C=C\C/C=C\C/C=C\C/C=C\CCCCCCCCCCCCCCCCCCC(=O)OCC(O)COP(=O)(O)OCC(O)COP(=O)(O)OCC(COC(=O)CCCCCCCCCCC/C=C\C/C=C\C/C=C\C/C=C\C/C=C\CC)OC(=O)CCCCCCCC/C=C\C/C=C\C/C=C\C/C=C\CC. The van der Waals surface area contributed by atoms with Gasteiger partial charge in [0.1, 0.15) is 25.4 Å². The molecule has 0 aromatic rings. The van der Waals surface area contributed by atoms with Gasteiger partial charge in [0.25, 0.3) is 0 Å². The van der Waals surface area contributed by atoms with Gasteiger partial charge in [-0.05, 0) is 154 Å². The maximum atomic E-state index is 13.0. The van der Waals surface area contributed by atoms with E-state index in [4.69, 9.17) is 32.3 Å². The van der Waals surface area contributed by atoms with Crippen molar-refractivity contribution in [3.05, 3.63) is 182 Å². The second-order valence-corrected chi connectivity index (χ2v) is 32.5. The molecule has 656 valence electrons. The zero-order valence-corrected chi connectivity index (χ0v) is 73.9. The average Bonchev–Trinajstić information content (AvgIpc) is 0.902. The number of hydrogen-bond acceptors (Lipinski definition) is 14. The molecule has 0 radical (unpaired) electrons. The highest BCUT2D eigenvalue weighted by molar-refractivity contribution is 7.47. The summed E-state index contributed by atoms with van der Waals surface area (Å²) in [5.74, 6) is -1.60. The number of carbonyl (C=O) groups excluding carboxylic acids is 3. The fourth-order valence-electron chi connectivity index (χ4n) is 11.9. The molecule has 0 saturated carbocycles. The van der Waals surface area contributed by atoms with Crippen LogP contribution in [0.3, 0.4) is 0 Å². The number of allylic oxidation sites excluding steroid dienone is 30. The van der Waals surface area contributed by atoms with Crippen LogP contribution in [-0.2, 0) is 55.8 Å². The summed E-state index contributed by atoms with van der Waals surface area (Å²) in [7, 11) is -9.82. The van der Waals surface area contributed by atoms with Crippen molar-refractivity contribution in [2.75, 3.05) is 39.6 Å². The third-order valence-electron chi connectivity index (χ3n) is 18.6. The lowest BCUT2D eigenvalue weighted by molar-refractivity contribution is -0.161. The number of aliphatic hydroxyl groups excluding tert-OH is 2. The first-order valence-corrected chi connectivity index (χ1v) is 48.1. The molecule has 5 unspecified atom stereocenters. The highest BCUT2D eigenvalue weighted by Crippen LogP contribution is 2.45. The number of hydrogen-bond donors (Lipinski definition) is 4. The van der Waals surface area contributed by atoms with Crippen LogP contribution in [0, 0.1) is 0 Å². The number of rotatable bonds is 84. The molecule has 0 aromatic heterocycles. The molecule has 16 nitrogen and oxygen atoms in total. The van der Waals surface area contributed by atoms with Crippen molar-refractivity contribution in [2.24, 2.45) is 0 Å². The van der Waals surface area contributed by atoms with Crippen molar-refractivity contribution in [2.45, 2.75) is 373 Å². The van der Waals surface area contributed by atoms with Crippen LogP contribution in [0.4, 0.5) is 0 Å². The number of aliphatic hydroxyl groups is 2. The predicted octanol–water partition coefficient (Wildman–Crippen LogP) is 27.7. The Balaban J connectivity index is 4.53. The van der Waals surface area contributed by atoms with Gasteiger partial charge in [0.05, 0.1) is 26.4 Å². The van der Waals surface area contributed by atoms with Crippen molar-refractivity contribution < 1.29 is 75.8 Å². The van der Waals surface area contributed by atoms with Crippen LogP contribution in [0.5, 0.6) is 0 Å². The Labute approximate surface area is 700 Å². The van der Waals surface area contributed by atoms with Gasteiger partial charge in [-0.25, -0.2) is 9.13 Å². The molecule has 0 fully saturated rings. The number of phosphoric acid groups is 2. The van der Waals surface area contributed by atoms with Crippen molar-refractivity contribution in [1.82, 2.24) is 0 Å². The lowest BCUT2D eigenvalue weighted by Crippen LogP contribution is -2.30. The minimum atomic E-state index is -4.95. The van der Waals surface area contributed by atoms with Crippen molar-refractivity contribution in [3.8, 4) is 0 Å². The molecule has 0 aliphatic heterocycles. The number of carbonyl (C=O) groups is 3. The summed E-state index contributed by atoms with van der Waals surface area (Å²) < 4.78 is 61.4. The van der Waals surface area contributed by atoms with Gasteiger partial charge >= 0.3 is 33.6 Å². The Morgan fingerprint density at radius 1 is 0.243 bits per heavy atom. The largest absolute Gasteiger partial charge is 0.472 e. The van der Waals surface area contributed by atoms with Gasteiger partial charge in [0.15, 0.2) is 6.10 Å². The summed E-state index contributed by atoms with van der Waals surface area (Å²) in [5.41, 5.74) is 0. The smallest absolute Gasteiger partial charge is 0.463 e. The number of ether oxygens (including phenoxy) is 3. The van der Waals surface area contributed by atoms with Crippen LogP contribution in [0.1, 0.15) is 355 Å². The molecule has 0 amide bonds. The fraction of sp³-hybridized carbons (Fsp3) is 0.660. The molecule has 0 aliphatic carbocycles. The summed E-state index contributed by atoms with van der Waals surface area (Å²) in [6, 6.07) is 0. The van der Waals surface area contributed by atoms with Gasteiger partial charge in [0, 0.05) is 19.3 Å². The lowest BCUT2D eigenvalue weighted by Gasteiger charge is -2.21. The van der Waals surface area contributed by atoms with Crippen LogP contribution in [0.25, 0.3) is 0 Å². The topological polar surface area (TPSA) is 231 Å². The summed E-state index contributed by atoms with van der Waals surface area (Å²) >= 11 is 0. The third-order valence-corrected chi connectivity index (χ3v) is 20.5. The molecule has 4 N–H and O–H groups in total. The number of unbranched alkanes of at least 4 members (excludes halogenated alkanes) is 31. The van der Waals surface area contributed by atoms with Crippen LogP contribution in [0.15, 0.2) is 182 Å². The molecule has 0 saturated heterocycles. The Morgan fingerprint density at radius 2 is 0.435 bits per heavy atom. The molecule has 0 rings (SSSR count). The second kappa shape index (κ2) is 87.9. The van der Waals surface area contributed by atoms with Crippen molar-refractivity contribution >= 4 is 33.6 Å². The highest BCUT2D eigenvalue weighted by Gasteiger charge is 2.29. The van der Waals surface area contributed by atoms with Crippen LogP contribution in [0.2, 0.25) is 0 Å². The van der Waals surface area contributed by atoms with E-state index in [1.165, 1.54) is 109 Å². The first-order chi connectivity index (χ1) is 56.2. The van der Waals surface area contributed by atoms with Gasteiger partial charge in [-0.15, -0.1) is 0 Å². The van der Waals surface area contributed by atoms with E-state index in [0.29, 0.717) is 19.3 Å². The Kier molecular flexibility index (Phi) is 83.9. The monoisotopic (exact) mass is 1650 g/mol. The molecule has 0 aromatic carbocycles. The molecular formula is C97H162O16P2. The van der Waals surface area contributed by atoms with Crippen LogP contribution in [-0.4, -0.2) is 95.9 Å². The molecule has 0 heterocycles. The van der Waals surface area contributed by atoms with Crippen LogP contribution < -0.4 is 0 Å². The maximum Gasteiger partial charge on any atom is 0.472 e. The van der Waals surface area contributed by atoms with Crippen LogP contribution >= 0.6 is 15.6 Å². The third kappa shape index (κ3) is 89.3. The highest BCUT2D eigenvalue weighted by atomic mass is 31.2. The average molecular weight is 1650 g/mol. The molecule has 0 bridgehead atoms. The molecule has 5 atom stereocenters. The minimum absolute atomic E-state index is 0.0820. The van der Waals surface area contributed by atoms with E-state index in [9.17, 15) is 43.5 Å². The number of phosphoric ester groups is 2. The molecule has 115 heavy (non-hydrogen) atoms. The molecule has 0 aliphatic rings. The second-order valence-electron chi connectivity index (χ2n) is 29.6. The van der Waals surface area contributed by atoms with E-state index in [2.05, 4.69) is 203 Å². The van der Waals surface area contributed by atoms with Gasteiger partial charge in [-0.2, -0.15) is 0 Å². The molecular weight excluding hydrogens is 1480 g/mol. The first kappa shape index (κ1) is 110. The zero-order chi connectivity index (χ0) is 83.6. The van der Waals surface area contributed by atoms with E-state index in [1.54, 1.807) is 0 Å². The van der Waals surface area contributed by atoms with Gasteiger partial charge in [0.2, 0.25) is 0 Å². The fourth-order valence-corrected chi connectivity index (χ4v) is 13.5. The van der Waals surface area contributed by atoms with Gasteiger partial charge in [-0.3, -0.25) is 32.5 Å². The van der Waals surface area contributed by atoms with E-state index >= 15 is 0 Å². The first-order valence-electron chi connectivity index (χ1n) is 45.1. The summed E-state index contributed by atoms with van der Waals surface area (Å²) in [6.45, 7) is 2.34. The van der Waals surface area contributed by atoms with E-state index in [0.717, 1.165) is 186 Å². The van der Waals surface area contributed by atoms with Gasteiger partial charge in [-0.1, -0.05) is 364 Å². The summed E-state index contributed by atoms with van der Waals surface area (Å²) in [6.07, 6.45) is 115. The Hall–Kier alpha value is -5.35. The summed E-state index contributed by atoms with van der Waals surface area (Å²) in [5, 5.41) is 20.7. The van der Waals surface area contributed by atoms with Crippen molar-refractivity contribution in [3.63, 3.8) is 0 Å². The molecule has 0 spiro atoms. The van der Waals surface area contributed by atoms with Crippen molar-refractivity contribution in [1.29, 1.82) is 0 Å².